The zero-order valence-corrected chi connectivity index (χ0v) is 13.7. The van der Waals surface area contributed by atoms with Crippen LogP contribution in [0.2, 0.25) is 0 Å². The lowest BCUT2D eigenvalue weighted by Gasteiger charge is -2.16. The first-order chi connectivity index (χ1) is 9.93. The summed E-state index contributed by atoms with van der Waals surface area (Å²) in [6, 6.07) is 4.19. The van der Waals surface area contributed by atoms with Crippen LogP contribution in [0.5, 0.6) is 11.6 Å². The van der Waals surface area contributed by atoms with E-state index >= 15 is 0 Å². The molecule has 2 rings (SSSR count). The number of aromatic nitrogens is 2. The van der Waals surface area contributed by atoms with Crippen LogP contribution >= 0.6 is 0 Å². The fourth-order valence-corrected chi connectivity index (χ4v) is 2.22. The van der Waals surface area contributed by atoms with Crippen LogP contribution in [-0.2, 0) is 0 Å². The van der Waals surface area contributed by atoms with Crippen molar-refractivity contribution in [3.05, 3.63) is 40.2 Å². The van der Waals surface area contributed by atoms with Gasteiger partial charge in [0.2, 0.25) is 5.88 Å². The van der Waals surface area contributed by atoms with E-state index in [2.05, 4.69) is 48.2 Å². The van der Waals surface area contributed by atoms with Gasteiger partial charge in [0.05, 0.1) is 5.56 Å². The van der Waals surface area contributed by atoms with E-state index in [4.69, 9.17) is 4.74 Å². The quantitative estimate of drug-likeness (QED) is 0.912. The van der Waals surface area contributed by atoms with Crippen molar-refractivity contribution in [3.8, 4) is 11.6 Å². The van der Waals surface area contributed by atoms with Crippen LogP contribution in [-0.4, -0.2) is 16.5 Å². The second-order valence-corrected chi connectivity index (χ2v) is 5.34. The highest BCUT2D eigenvalue weighted by molar-refractivity contribution is 5.52. The topological polar surface area (TPSA) is 47.0 Å². The van der Waals surface area contributed by atoms with Gasteiger partial charge < -0.3 is 10.1 Å². The number of hydrogen-bond donors (Lipinski definition) is 1. The van der Waals surface area contributed by atoms with E-state index in [1.165, 1.54) is 5.56 Å². The Hall–Kier alpha value is -2.10. The molecule has 1 heterocycles. The zero-order valence-electron chi connectivity index (χ0n) is 13.7. The SMILES string of the molecule is CCNc1nc(C)nc(Oc2c(C)ccc(C)c2C)c1C. The maximum atomic E-state index is 6.13. The molecular formula is C17H23N3O. The summed E-state index contributed by atoms with van der Waals surface area (Å²) in [7, 11) is 0. The largest absolute Gasteiger partial charge is 0.438 e. The molecule has 0 saturated heterocycles. The Morgan fingerprint density at radius 3 is 2.29 bits per heavy atom. The maximum Gasteiger partial charge on any atom is 0.227 e. The first-order valence-corrected chi connectivity index (χ1v) is 7.27. The van der Waals surface area contributed by atoms with E-state index in [0.717, 1.165) is 34.8 Å². The van der Waals surface area contributed by atoms with Gasteiger partial charge >= 0.3 is 0 Å². The normalized spacial score (nSPS) is 10.6. The Balaban J connectivity index is 2.47. The first kappa shape index (κ1) is 15.3. The van der Waals surface area contributed by atoms with Crippen molar-refractivity contribution >= 4 is 5.82 Å². The van der Waals surface area contributed by atoms with Crippen molar-refractivity contribution in [1.82, 2.24) is 9.97 Å². The average molecular weight is 285 g/mol. The van der Waals surface area contributed by atoms with E-state index in [9.17, 15) is 0 Å². The maximum absolute atomic E-state index is 6.13. The fraction of sp³-hybridized carbons (Fsp3) is 0.412. The summed E-state index contributed by atoms with van der Waals surface area (Å²) in [5.41, 5.74) is 4.41. The molecule has 4 heteroatoms. The number of rotatable bonds is 4. The van der Waals surface area contributed by atoms with Crippen LogP contribution in [0, 0.1) is 34.6 Å². The van der Waals surface area contributed by atoms with Crippen molar-refractivity contribution < 1.29 is 4.74 Å². The summed E-state index contributed by atoms with van der Waals surface area (Å²) in [5.74, 6) is 3.05. The summed E-state index contributed by atoms with van der Waals surface area (Å²) in [6.45, 7) is 12.9. The molecule has 0 aliphatic heterocycles. The molecule has 112 valence electrons. The minimum atomic E-state index is 0.621. The molecule has 1 aromatic carbocycles. The molecule has 0 amide bonds. The van der Waals surface area contributed by atoms with Crippen LogP contribution in [0.4, 0.5) is 5.82 Å². The highest BCUT2D eigenvalue weighted by Gasteiger charge is 2.14. The molecule has 4 nitrogen and oxygen atoms in total. The number of nitrogens with zero attached hydrogens (tertiary/aromatic N) is 2. The monoisotopic (exact) mass is 285 g/mol. The summed E-state index contributed by atoms with van der Waals surface area (Å²) in [4.78, 5) is 8.87. The Kier molecular flexibility index (Phi) is 4.46. The standard InChI is InChI=1S/C17H23N3O/c1-7-18-16-13(5)17(20-14(6)19-16)21-15-11(3)9-8-10(2)12(15)4/h8-9H,7H2,1-6H3,(H,18,19,20). The molecule has 0 spiro atoms. The van der Waals surface area contributed by atoms with Crippen LogP contribution in [0.1, 0.15) is 35.0 Å². The highest BCUT2D eigenvalue weighted by atomic mass is 16.5. The van der Waals surface area contributed by atoms with Crippen LogP contribution in [0.3, 0.4) is 0 Å². The molecule has 0 atom stereocenters. The lowest BCUT2D eigenvalue weighted by atomic mass is 10.1. The molecule has 0 unspecified atom stereocenters. The predicted octanol–water partition coefficient (Wildman–Crippen LogP) is 4.24. The second kappa shape index (κ2) is 6.12. The van der Waals surface area contributed by atoms with Gasteiger partial charge in [-0.3, -0.25) is 0 Å². The molecule has 21 heavy (non-hydrogen) atoms. The van der Waals surface area contributed by atoms with Gasteiger partial charge in [0.25, 0.3) is 0 Å². The van der Waals surface area contributed by atoms with E-state index in [-0.39, 0.29) is 0 Å². The van der Waals surface area contributed by atoms with Crippen molar-refractivity contribution in [3.63, 3.8) is 0 Å². The van der Waals surface area contributed by atoms with Gasteiger partial charge in [-0.05, 0) is 58.2 Å². The fourth-order valence-electron chi connectivity index (χ4n) is 2.22. The van der Waals surface area contributed by atoms with Gasteiger partial charge in [-0.25, -0.2) is 4.98 Å². The first-order valence-electron chi connectivity index (χ1n) is 7.27. The molecule has 0 aliphatic rings. The minimum absolute atomic E-state index is 0.621. The van der Waals surface area contributed by atoms with Crippen LogP contribution < -0.4 is 10.1 Å². The number of aryl methyl sites for hydroxylation is 3. The van der Waals surface area contributed by atoms with Crippen LogP contribution in [0.15, 0.2) is 12.1 Å². The third-order valence-corrected chi connectivity index (χ3v) is 3.63. The molecule has 0 fully saturated rings. The summed E-state index contributed by atoms with van der Waals surface area (Å²) in [5, 5.41) is 3.25. The highest BCUT2D eigenvalue weighted by Crippen LogP contribution is 2.32. The Bertz CT molecular complexity index is 666. The van der Waals surface area contributed by atoms with E-state index in [0.29, 0.717) is 11.7 Å². The van der Waals surface area contributed by atoms with Gasteiger partial charge in [0.1, 0.15) is 17.4 Å². The molecule has 1 aromatic heterocycles. The third kappa shape index (κ3) is 3.15. The second-order valence-electron chi connectivity index (χ2n) is 5.34. The van der Waals surface area contributed by atoms with E-state index in [1.54, 1.807) is 0 Å². The Labute approximate surface area is 126 Å². The lowest BCUT2D eigenvalue weighted by Crippen LogP contribution is -2.06. The molecule has 0 bridgehead atoms. The number of ether oxygens (including phenoxy) is 1. The van der Waals surface area contributed by atoms with E-state index in [1.807, 2.05) is 20.8 Å². The molecule has 0 aliphatic carbocycles. The van der Waals surface area contributed by atoms with Crippen molar-refractivity contribution in [2.24, 2.45) is 0 Å². The predicted molar refractivity (Wildman–Crippen MR) is 86.4 cm³/mol. The Morgan fingerprint density at radius 2 is 1.62 bits per heavy atom. The van der Waals surface area contributed by atoms with Gasteiger partial charge in [-0.2, -0.15) is 4.98 Å². The molecule has 1 N–H and O–H groups in total. The number of hydrogen-bond acceptors (Lipinski definition) is 4. The van der Waals surface area contributed by atoms with Gasteiger partial charge in [0, 0.05) is 6.54 Å². The minimum Gasteiger partial charge on any atom is -0.438 e. The smallest absolute Gasteiger partial charge is 0.227 e. The third-order valence-electron chi connectivity index (χ3n) is 3.63. The molecular weight excluding hydrogens is 262 g/mol. The summed E-state index contributed by atoms with van der Waals surface area (Å²) in [6.07, 6.45) is 0. The molecule has 2 aromatic rings. The number of benzene rings is 1. The zero-order chi connectivity index (χ0) is 15.6. The van der Waals surface area contributed by atoms with Gasteiger partial charge in [-0.1, -0.05) is 12.1 Å². The summed E-state index contributed by atoms with van der Waals surface area (Å²) >= 11 is 0. The number of nitrogens with one attached hydrogen (secondary N) is 1. The van der Waals surface area contributed by atoms with Crippen LogP contribution in [0.25, 0.3) is 0 Å². The average Bonchev–Trinajstić information content (AvgIpc) is 2.44. The Morgan fingerprint density at radius 1 is 0.952 bits per heavy atom. The number of anilines is 1. The van der Waals surface area contributed by atoms with Gasteiger partial charge in [-0.15, -0.1) is 0 Å². The van der Waals surface area contributed by atoms with Crippen molar-refractivity contribution in [1.29, 1.82) is 0 Å². The lowest BCUT2D eigenvalue weighted by molar-refractivity contribution is 0.449. The van der Waals surface area contributed by atoms with Crippen molar-refractivity contribution in [2.45, 2.75) is 41.5 Å². The van der Waals surface area contributed by atoms with E-state index < -0.39 is 0 Å². The van der Waals surface area contributed by atoms with Gasteiger partial charge in [0.15, 0.2) is 0 Å². The van der Waals surface area contributed by atoms with Crippen molar-refractivity contribution in [2.75, 3.05) is 11.9 Å². The summed E-state index contributed by atoms with van der Waals surface area (Å²) < 4.78 is 6.13. The molecule has 0 radical (unpaired) electrons. The molecule has 0 saturated carbocycles.